The van der Waals surface area contributed by atoms with Crippen LogP contribution in [0.25, 0.3) is 6.08 Å². The van der Waals surface area contributed by atoms with Crippen molar-refractivity contribution in [3.05, 3.63) is 29.8 Å². The molecule has 5 nitrogen and oxygen atoms in total. The number of hydrogen-bond acceptors (Lipinski definition) is 3. The SMILES string of the molecule is CC1(C)CC(=O)Nc2cc(/C=C/C(=O)O)ccc2O1. The van der Waals surface area contributed by atoms with Crippen LogP contribution < -0.4 is 10.1 Å². The van der Waals surface area contributed by atoms with Gasteiger partial charge in [-0.05, 0) is 37.6 Å². The first-order valence-electron chi connectivity index (χ1n) is 5.90. The number of carboxylic acids is 1. The lowest BCUT2D eigenvalue weighted by Gasteiger charge is -2.23. The molecule has 2 rings (SSSR count). The number of benzene rings is 1. The first-order valence-corrected chi connectivity index (χ1v) is 5.90. The highest BCUT2D eigenvalue weighted by molar-refractivity contribution is 5.94. The van der Waals surface area contributed by atoms with Crippen LogP contribution in [0.2, 0.25) is 0 Å². The molecule has 0 saturated heterocycles. The molecule has 1 aliphatic rings. The summed E-state index contributed by atoms with van der Waals surface area (Å²) in [6.07, 6.45) is 2.78. The van der Waals surface area contributed by atoms with Crippen LogP contribution in [-0.4, -0.2) is 22.6 Å². The van der Waals surface area contributed by atoms with E-state index in [1.807, 2.05) is 13.8 Å². The summed E-state index contributed by atoms with van der Waals surface area (Å²) in [5.41, 5.74) is 0.682. The van der Waals surface area contributed by atoms with Crippen LogP contribution in [0.3, 0.4) is 0 Å². The van der Waals surface area contributed by atoms with Gasteiger partial charge in [0.25, 0.3) is 0 Å². The zero-order valence-electron chi connectivity index (χ0n) is 10.8. The average Bonchev–Trinajstić information content (AvgIpc) is 2.38. The predicted molar refractivity (Wildman–Crippen MR) is 71.1 cm³/mol. The molecular weight excluding hydrogens is 246 g/mol. The van der Waals surface area contributed by atoms with Gasteiger partial charge in [-0.2, -0.15) is 0 Å². The molecule has 1 aliphatic heterocycles. The predicted octanol–water partition coefficient (Wildman–Crippen LogP) is 2.28. The van der Waals surface area contributed by atoms with Crippen molar-refractivity contribution in [2.24, 2.45) is 0 Å². The second-order valence-electron chi connectivity index (χ2n) is 5.01. The molecule has 5 heteroatoms. The molecule has 0 spiro atoms. The minimum absolute atomic E-state index is 0.122. The highest BCUT2D eigenvalue weighted by Gasteiger charge is 2.28. The molecule has 1 aromatic carbocycles. The van der Waals surface area contributed by atoms with E-state index < -0.39 is 11.6 Å². The molecule has 100 valence electrons. The Kier molecular flexibility index (Phi) is 3.29. The van der Waals surface area contributed by atoms with Gasteiger partial charge in [-0.15, -0.1) is 0 Å². The van der Waals surface area contributed by atoms with E-state index in [0.717, 1.165) is 6.08 Å². The van der Waals surface area contributed by atoms with Gasteiger partial charge in [0.2, 0.25) is 5.91 Å². The third kappa shape index (κ3) is 3.34. The molecular formula is C14H15NO4. The summed E-state index contributed by atoms with van der Waals surface area (Å²) in [6, 6.07) is 5.16. The van der Waals surface area contributed by atoms with E-state index in [2.05, 4.69) is 5.32 Å². The number of aliphatic carboxylic acids is 1. The summed E-state index contributed by atoms with van der Waals surface area (Å²) < 4.78 is 5.77. The maximum absolute atomic E-state index is 11.7. The van der Waals surface area contributed by atoms with E-state index >= 15 is 0 Å². The average molecular weight is 261 g/mol. The topological polar surface area (TPSA) is 75.6 Å². The van der Waals surface area contributed by atoms with Crippen LogP contribution in [0.1, 0.15) is 25.8 Å². The maximum Gasteiger partial charge on any atom is 0.328 e. The van der Waals surface area contributed by atoms with Crippen LogP contribution in [0.4, 0.5) is 5.69 Å². The molecule has 0 aromatic heterocycles. The minimum Gasteiger partial charge on any atom is -0.485 e. The molecule has 19 heavy (non-hydrogen) atoms. The smallest absolute Gasteiger partial charge is 0.328 e. The Hall–Kier alpha value is -2.30. The van der Waals surface area contributed by atoms with Crippen LogP contribution in [0.15, 0.2) is 24.3 Å². The van der Waals surface area contributed by atoms with Gasteiger partial charge in [-0.1, -0.05) is 6.07 Å². The largest absolute Gasteiger partial charge is 0.485 e. The van der Waals surface area contributed by atoms with Crippen molar-refractivity contribution in [2.75, 3.05) is 5.32 Å². The maximum atomic E-state index is 11.7. The zero-order chi connectivity index (χ0) is 14.0. The van der Waals surface area contributed by atoms with Gasteiger partial charge < -0.3 is 15.2 Å². The standard InChI is InChI=1S/C14H15NO4/c1-14(2)8-12(16)15-10-7-9(4-6-13(17)18)3-5-11(10)19-14/h3-7H,8H2,1-2H3,(H,15,16)(H,17,18)/b6-4+. The first kappa shape index (κ1) is 13.1. The van der Waals surface area contributed by atoms with Crippen LogP contribution in [0, 0.1) is 0 Å². The Labute approximate surface area is 110 Å². The monoisotopic (exact) mass is 261 g/mol. The molecule has 1 aromatic rings. The van der Waals surface area contributed by atoms with E-state index in [0.29, 0.717) is 17.0 Å². The third-order valence-electron chi connectivity index (χ3n) is 2.67. The van der Waals surface area contributed by atoms with Crippen molar-refractivity contribution in [1.29, 1.82) is 0 Å². The van der Waals surface area contributed by atoms with E-state index in [1.54, 1.807) is 18.2 Å². The molecule has 1 heterocycles. The Morgan fingerprint density at radius 1 is 1.47 bits per heavy atom. The highest BCUT2D eigenvalue weighted by atomic mass is 16.5. The van der Waals surface area contributed by atoms with Crippen LogP contribution in [-0.2, 0) is 9.59 Å². The number of carbonyl (C=O) groups excluding carboxylic acids is 1. The second kappa shape index (κ2) is 4.76. The number of rotatable bonds is 2. The minimum atomic E-state index is -1.02. The molecule has 0 unspecified atom stereocenters. The number of fused-ring (bicyclic) bond motifs is 1. The van der Waals surface area contributed by atoms with Crippen molar-refractivity contribution in [3.8, 4) is 5.75 Å². The number of nitrogens with one attached hydrogen (secondary N) is 1. The Balaban J connectivity index is 2.35. The van der Waals surface area contributed by atoms with Gasteiger partial charge in [-0.25, -0.2) is 4.79 Å². The van der Waals surface area contributed by atoms with Gasteiger partial charge in [0.05, 0.1) is 12.1 Å². The fourth-order valence-electron chi connectivity index (χ4n) is 1.92. The van der Waals surface area contributed by atoms with Crippen LogP contribution >= 0.6 is 0 Å². The lowest BCUT2D eigenvalue weighted by Crippen LogP contribution is -2.30. The summed E-state index contributed by atoms with van der Waals surface area (Å²) in [5, 5.41) is 11.3. The van der Waals surface area contributed by atoms with Gasteiger partial charge in [-0.3, -0.25) is 4.79 Å². The summed E-state index contributed by atoms with van der Waals surface area (Å²) >= 11 is 0. The summed E-state index contributed by atoms with van der Waals surface area (Å²) in [5.74, 6) is -0.553. The van der Waals surface area contributed by atoms with Crippen molar-refractivity contribution in [1.82, 2.24) is 0 Å². The molecule has 0 fully saturated rings. The Morgan fingerprint density at radius 3 is 2.89 bits per heavy atom. The number of carboxylic acid groups (broad SMARTS) is 1. The second-order valence-corrected chi connectivity index (χ2v) is 5.01. The molecule has 0 radical (unpaired) electrons. The molecule has 2 N–H and O–H groups in total. The number of amides is 1. The van der Waals surface area contributed by atoms with Gasteiger partial charge in [0.1, 0.15) is 11.4 Å². The van der Waals surface area contributed by atoms with Crippen molar-refractivity contribution >= 4 is 23.6 Å². The van der Waals surface area contributed by atoms with E-state index in [9.17, 15) is 9.59 Å². The van der Waals surface area contributed by atoms with Crippen molar-refractivity contribution < 1.29 is 19.4 Å². The Bertz CT molecular complexity index is 561. The molecule has 0 aliphatic carbocycles. The fourth-order valence-corrected chi connectivity index (χ4v) is 1.92. The summed E-state index contributed by atoms with van der Waals surface area (Å²) in [6.45, 7) is 3.69. The van der Waals surface area contributed by atoms with E-state index in [-0.39, 0.29) is 12.3 Å². The first-order chi connectivity index (χ1) is 8.85. The quantitative estimate of drug-likeness (QED) is 0.801. The lowest BCUT2D eigenvalue weighted by atomic mass is 10.1. The number of hydrogen-bond donors (Lipinski definition) is 2. The molecule has 1 amide bonds. The Morgan fingerprint density at radius 2 is 2.21 bits per heavy atom. The van der Waals surface area contributed by atoms with E-state index in [1.165, 1.54) is 6.08 Å². The van der Waals surface area contributed by atoms with Crippen molar-refractivity contribution in [3.63, 3.8) is 0 Å². The lowest BCUT2D eigenvalue weighted by molar-refractivity contribution is -0.131. The fraction of sp³-hybridized carbons (Fsp3) is 0.286. The normalized spacial score (nSPS) is 17.3. The summed E-state index contributed by atoms with van der Waals surface area (Å²) in [7, 11) is 0. The van der Waals surface area contributed by atoms with Gasteiger partial charge in [0.15, 0.2) is 0 Å². The zero-order valence-corrected chi connectivity index (χ0v) is 10.8. The highest BCUT2D eigenvalue weighted by Crippen LogP contribution is 2.33. The summed E-state index contributed by atoms with van der Waals surface area (Å²) in [4.78, 5) is 22.2. The number of ether oxygens (including phenoxy) is 1. The van der Waals surface area contributed by atoms with Gasteiger partial charge >= 0.3 is 5.97 Å². The third-order valence-corrected chi connectivity index (χ3v) is 2.67. The van der Waals surface area contributed by atoms with Gasteiger partial charge in [0, 0.05) is 6.08 Å². The van der Waals surface area contributed by atoms with Crippen LogP contribution in [0.5, 0.6) is 5.75 Å². The van der Waals surface area contributed by atoms with Crippen molar-refractivity contribution in [2.45, 2.75) is 25.9 Å². The molecule has 0 saturated carbocycles. The number of anilines is 1. The molecule has 0 atom stereocenters. The van der Waals surface area contributed by atoms with E-state index in [4.69, 9.17) is 9.84 Å². The molecule has 0 bridgehead atoms. The number of carbonyl (C=O) groups is 2.